The maximum Gasteiger partial charge on any atom is 0.261 e. The van der Waals surface area contributed by atoms with E-state index in [1.807, 2.05) is 6.07 Å². The smallest absolute Gasteiger partial charge is 0.261 e. The lowest BCUT2D eigenvalue weighted by Crippen LogP contribution is -2.27. The second-order valence-electron chi connectivity index (χ2n) is 5.19. The normalized spacial score (nSPS) is 14.8. The quantitative estimate of drug-likeness (QED) is 0.907. The molecule has 110 valence electrons. The van der Waals surface area contributed by atoms with E-state index < -0.39 is 6.10 Å². The number of aliphatic hydroxyl groups excluding tert-OH is 1. The minimum absolute atomic E-state index is 0.109. The first-order valence-electron chi connectivity index (χ1n) is 6.97. The Morgan fingerprint density at radius 3 is 2.81 bits per heavy atom. The van der Waals surface area contributed by atoms with Crippen LogP contribution >= 0.6 is 22.9 Å². The number of rotatable bonds is 4. The number of hydrogen-bond donors (Lipinski definition) is 2. The molecule has 3 rings (SSSR count). The molecular formula is C16H16ClNO2S. The topological polar surface area (TPSA) is 49.3 Å². The Morgan fingerprint density at radius 2 is 2.10 bits per heavy atom. The highest BCUT2D eigenvalue weighted by atomic mass is 35.5. The molecule has 0 fully saturated rings. The van der Waals surface area contributed by atoms with Crippen molar-refractivity contribution < 1.29 is 9.90 Å². The SMILES string of the molecule is O=C(NC[C@H](O)c1ccc(Cl)cc1)c1cc2c(s1)CCC2. The average Bonchev–Trinajstić information content (AvgIpc) is 3.06. The van der Waals surface area contributed by atoms with Gasteiger partial charge in [0.15, 0.2) is 0 Å². The van der Waals surface area contributed by atoms with Gasteiger partial charge in [-0.1, -0.05) is 23.7 Å². The van der Waals surface area contributed by atoms with Crippen LogP contribution < -0.4 is 5.32 Å². The lowest BCUT2D eigenvalue weighted by Gasteiger charge is -2.11. The van der Waals surface area contributed by atoms with Gasteiger partial charge in [-0.25, -0.2) is 0 Å². The van der Waals surface area contributed by atoms with Crippen LogP contribution in [0.1, 0.15) is 38.2 Å². The fraction of sp³-hybridized carbons (Fsp3) is 0.312. The van der Waals surface area contributed by atoms with Crippen LogP contribution in [0.3, 0.4) is 0 Å². The van der Waals surface area contributed by atoms with Gasteiger partial charge in [-0.3, -0.25) is 4.79 Å². The van der Waals surface area contributed by atoms with Crippen molar-refractivity contribution in [2.24, 2.45) is 0 Å². The van der Waals surface area contributed by atoms with Gasteiger partial charge in [-0.2, -0.15) is 0 Å². The van der Waals surface area contributed by atoms with Crippen LogP contribution in [0, 0.1) is 0 Å². The Balaban J connectivity index is 1.58. The summed E-state index contributed by atoms with van der Waals surface area (Å²) < 4.78 is 0. The van der Waals surface area contributed by atoms with Gasteiger partial charge in [0, 0.05) is 16.4 Å². The molecule has 1 heterocycles. The van der Waals surface area contributed by atoms with Crippen molar-refractivity contribution in [2.45, 2.75) is 25.4 Å². The van der Waals surface area contributed by atoms with E-state index in [2.05, 4.69) is 5.32 Å². The van der Waals surface area contributed by atoms with Gasteiger partial charge >= 0.3 is 0 Å². The summed E-state index contributed by atoms with van der Waals surface area (Å²) in [6, 6.07) is 8.96. The lowest BCUT2D eigenvalue weighted by molar-refractivity contribution is 0.0920. The van der Waals surface area contributed by atoms with E-state index in [1.165, 1.54) is 16.9 Å². The third kappa shape index (κ3) is 3.28. The number of hydrogen-bond acceptors (Lipinski definition) is 3. The summed E-state index contributed by atoms with van der Waals surface area (Å²) in [5.74, 6) is -0.109. The predicted octanol–water partition coefficient (Wildman–Crippen LogP) is 3.35. The maximum absolute atomic E-state index is 12.1. The third-order valence-electron chi connectivity index (χ3n) is 3.68. The van der Waals surface area contributed by atoms with E-state index in [-0.39, 0.29) is 12.5 Å². The minimum Gasteiger partial charge on any atom is -0.387 e. The number of amides is 1. The van der Waals surface area contributed by atoms with Gasteiger partial charge in [0.25, 0.3) is 5.91 Å². The summed E-state index contributed by atoms with van der Waals surface area (Å²) in [5, 5.41) is 13.5. The number of thiophene rings is 1. The minimum atomic E-state index is -0.724. The number of fused-ring (bicyclic) bond motifs is 1. The molecule has 2 N–H and O–H groups in total. The summed E-state index contributed by atoms with van der Waals surface area (Å²) in [6.07, 6.45) is 2.63. The monoisotopic (exact) mass is 321 g/mol. The zero-order chi connectivity index (χ0) is 14.8. The fourth-order valence-corrected chi connectivity index (χ4v) is 3.82. The van der Waals surface area contributed by atoms with E-state index in [0.717, 1.165) is 23.3 Å². The Labute approximate surface area is 132 Å². The Bertz CT molecular complexity index is 629. The van der Waals surface area contributed by atoms with Gasteiger partial charge in [-0.05, 0) is 48.6 Å². The molecule has 0 aliphatic heterocycles. The molecule has 2 aromatic rings. The molecule has 0 saturated carbocycles. The molecule has 0 saturated heterocycles. The first-order chi connectivity index (χ1) is 10.1. The molecule has 1 aromatic carbocycles. The number of carbonyl (C=O) groups is 1. The molecule has 0 spiro atoms. The van der Waals surface area contributed by atoms with Crippen LogP contribution in [0.5, 0.6) is 0 Å². The zero-order valence-electron chi connectivity index (χ0n) is 11.4. The van der Waals surface area contributed by atoms with Crippen molar-refractivity contribution in [3.63, 3.8) is 0 Å². The number of nitrogens with one attached hydrogen (secondary N) is 1. The standard InChI is InChI=1S/C16H16ClNO2S/c17-12-6-4-10(5-7-12)13(19)9-18-16(20)15-8-11-2-1-3-14(11)21-15/h4-8,13,19H,1-3,9H2,(H,18,20)/t13-/m0/s1. The summed E-state index contributed by atoms with van der Waals surface area (Å²) in [7, 11) is 0. The molecule has 5 heteroatoms. The van der Waals surface area contributed by atoms with Crippen molar-refractivity contribution >= 4 is 28.8 Å². The van der Waals surface area contributed by atoms with Gasteiger partial charge in [0.1, 0.15) is 0 Å². The van der Waals surface area contributed by atoms with Crippen molar-refractivity contribution in [1.82, 2.24) is 5.32 Å². The number of aliphatic hydroxyl groups is 1. The largest absolute Gasteiger partial charge is 0.387 e. The third-order valence-corrected chi connectivity index (χ3v) is 5.17. The Hall–Kier alpha value is -1.36. The summed E-state index contributed by atoms with van der Waals surface area (Å²) in [5.41, 5.74) is 2.05. The number of halogens is 1. The molecule has 1 amide bonds. The highest BCUT2D eigenvalue weighted by Crippen LogP contribution is 2.30. The molecule has 1 atom stereocenters. The molecule has 0 unspecified atom stereocenters. The van der Waals surface area contributed by atoms with Gasteiger partial charge in [-0.15, -0.1) is 11.3 Å². The maximum atomic E-state index is 12.1. The Kier molecular flexibility index (Phi) is 4.29. The second-order valence-corrected chi connectivity index (χ2v) is 6.76. The molecule has 1 aliphatic carbocycles. The molecule has 0 bridgehead atoms. The highest BCUT2D eigenvalue weighted by Gasteiger charge is 2.19. The van der Waals surface area contributed by atoms with Crippen molar-refractivity contribution in [2.75, 3.05) is 6.54 Å². The highest BCUT2D eigenvalue weighted by molar-refractivity contribution is 7.14. The Morgan fingerprint density at radius 1 is 1.33 bits per heavy atom. The van der Waals surface area contributed by atoms with Crippen LogP contribution in [0.25, 0.3) is 0 Å². The van der Waals surface area contributed by atoms with Crippen LogP contribution in [-0.2, 0) is 12.8 Å². The van der Waals surface area contributed by atoms with Crippen molar-refractivity contribution in [3.05, 3.63) is 56.2 Å². The number of aryl methyl sites for hydroxylation is 2. The van der Waals surface area contributed by atoms with Gasteiger partial charge in [0.2, 0.25) is 0 Å². The average molecular weight is 322 g/mol. The van der Waals surface area contributed by atoms with Crippen molar-refractivity contribution in [3.8, 4) is 0 Å². The predicted molar refractivity (Wildman–Crippen MR) is 85.1 cm³/mol. The van der Waals surface area contributed by atoms with Gasteiger partial charge < -0.3 is 10.4 Å². The molecule has 1 aliphatic rings. The van der Waals surface area contributed by atoms with E-state index in [0.29, 0.717) is 5.02 Å². The van der Waals surface area contributed by atoms with Gasteiger partial charge in [0.05, 0.1) is 11.0 Å². The zero-order valence-corrected chi connectivity index (χ0v) is 13.0. The number of benzene rings is 1. The van der Waals surface area contributed by atoms with E-state index in [9.17, 15) is 9.90 Å². The first-order valence-corrected chi connectivity index (χ1v) is 8.16. The van der Waals surface area contributed by atoms with E-state index in [4.69, 9.17) is 11.6 Å². The van der Waals surface area contributed by atoms with Crippen molar-refractivity contribution in [1.29, 1.82) is 0 Å². The molecule has 0 radical (unpaired) electrons. The number of carbonyl (C=O) groups excluding carboxylic acids is 1. The first kappa shape index (κ1) is 14.6. The van der Waals surface area contributed by atoms with Crippen LogP contribution in [-0.4, -0.2) is 17.6 Å². The van der Waals surface area contributed by atoms with Crippen LogP contribution in [0.2, 0.25) is 5.02 Å². The summed E-state index contributed by atoms with van der Waals surface area (Å²) in [6.45, 7) is 0.197. The van der Waals surface area contributed by atoms with E-state index >= 15 is 0 Å². The van der Waals surface area contributed by atoms with Crippen LogP contribution in [0.4, 0.5) is 0 Å². The molecule has 21 heavy (non-hydrogen) atoms. The summed E-state index contributed by atoms with van der Waals surface area (Å²) >= 11 is 7.38. The second kappa shape index (κ2) is 6.18. The van der Waals surface area contributed by atoms with Crippen LogP contribution in [0.15, 0.2) is 30.3 Å². The molecular weight excluding hydrogens is 306 g/mol. The molecule has 1 aromatic heterocycles. The van der Waals surface area contributed by atoms with E-state index in [1.54, 1.807) is 35.6 Å². The lowest BCUT2D eigenvalue weighted by atomic mass is 10.1. The summed E-state index contributed by atoms with van der Waals surface area (Å²) in [4.78, 5) is 14.2. The fourth-order valence-electron chi connectivity index (χ4n) is 2.52. The molecule has 3 nitrogen and oxygen atoms in total.